The second kappa shape index (κ2) is 5.45. The minimum Gasteiger partial charge on any atom is -0.384 e. The van der Waals surface area contributed by atoms with Crippen LogP contribution in [0.4, 0.5) is 18.9 Å². The third-order valence-corrected chi connectivity index (χ3v) is 1.95. The predicted molar refractivity (Wildman–Crippen MR) is 58.0 cm³/mol. The quantitative estimate of drug-likeness (QED) is 0.615. The SMILES string of the molecule is CC#CCCNc1cccc(C(F)(F)F)c1. The van der Waals surface area contributed by atoms with Crippen molar-refractivity contribution < 1.29 is 13.2 Å². The maximum atomic E-state index is 12.4. The van der Waals surface area contributed by atoms with Crippen molar-refractivity contribution in [2.45, 2.75) is 19.5 Å². The van der Waals surface area contributed by atoms with Crippen LogP contribution in [0.25, 0.3) is 0 Å². The van der Waals surface area contributed by atoms with Crippen molar-refractivity contribution in [3.63, 3.8) is 0 Å². The van der Waals surface area contributed by atoms with Crippen molar-refractivity contribution in [2.24, 2.45) is 0 Å². The van der Waals surface area contributed by atoms with E-state index in [0.717, 1.165) is 12.1 Å². The van der Waals surface area contributed by atoms with Crippen LogP contribution >= 0.6 is 0 Å². The van der Waals surface area contributed by atoms with E-state index >= 15 is 0 Å². The monoisotopic (exact) mass is 227 g/mol. The molecule has 0 saturated heterocycles. The molecule has 1 aromatic rings. The Morgan fingerprint density at radius 3 is 2.69 bits per heavy atom. The van der Waals surface area contributed by atoms with Crippen LogP contribution in [0.15, 0.2) is 24.3 Å². The van der Waals surface area contributed by atoms with Crippen molar-refractivity contribution in [3.05, 3.63) is 29.8 Å². The third kappa shape index (κ3) is 3.85. The van der Waals surface area contributed by atoms with Gasteiger partial charge in [-0.15, -0.1) is 11.8 Å². The van der Waals surface area contributed by atoms with E-state index in [1.165, 1.54) is 6.07 Å². The minimum atomic E-state index is -4.29. The van der Waals surface area contributed by atoms with Crippen molar-refractivity contribution in [1.82, 2.24) is 0 Å². The normalized spacial score (nSPS) is 10.5. The van der Waals surface area contributed by atoms with Crippen LogP contribution in [-0.2, 0) is 6.18 Å². The molecular formula is C12H12F3N. The largest absolute Gasteiger partial charge is 0.416 e. The average molecular weight is 227 g/mol. The van der Waals surface area contributed by atoms with Gasteiger partial charge in [-0.3, -0.25) is 0 Å². The van der Waals surface area contributed by atoms with Crippen molar-refractivity contribution in [2.75, 3.05) is 11.9 Å². The predicted octanol–water partition coefficient (Wildman–Crippen LogP) is 3.53. The summed E-state index contributed by atoms with van der Waals surface area (Å²) in [5, 5.41) is 2.89. The standard InChI is InChI=1S/C12H12F3N/c1-2-3-4-8-16-11-7-5-6-10(9-11)12(13,14)15/h5-7,9,16H,4,8H2,1H3. The van der Waals surface area contributed by atoms with Crippen LogP contribution in [-0.4, -0.2) is 6.54 Å². The Balaban J connectivity index is 2.63. The molecule has 0 unspecified atom stereocenters. The third-order valence-electron chi connectivity index (χ3n) is 1.95. The second-order valence-electron chi connectivity index (χ2n) is 3.18. The van der Waals surface area contributed by atoms with E-state index in [1.54, 1.807) is 13.0 Å². The Kier molecular flexibility index (Phi) is 4.24. The zero-order valence-electron chi connectivity index (χ0n) is 8.86. The van der Waals surface area contributed by atoms with E-state index in [0.29, 0.717) is 18.7 Å². The summed E-state index contributed by atoms with van der Waals surface area (Å²) in [4.78, 5) is 0. The van der Waals surface area contributed by atoms with Gasteiger partial charge in [-0.05, 0) is 25.1 Å². The number of hydrogen-bond acceptors (Lipinski definition) is 1. The van der Waals surface area contributed by atoms with Crippen molar-refractivity contribution in [3.8, 4) is 11.8 Å². The minimum absolute atomic E-state index is 0.465. The molecule has 86 valence electrons. The maximum Gasteiger partial charge on any atom is 0.416 e. The molecule has 0 saturated carbocycles. The lowest BCUT2D eigenvalue weighted by Crippen LogP contribution is -2.06. The summed E-state index contributed by atoms with van der Waals surface area (Å²) in [5.41, 5.74) is -0.174. The van der Waals surface area contributed by atoms with Gasteiger partial charge in [-0.2, -0.15) is 13.2 Å². The first kappa shape index (κ1) is 12.4. The van der Waals surface area contributed by atoms with Crippen LogP contribution in [0.5, 0.6) is 0 Å². The van der Waals surface area contributed by atoms with E-state index in [4.69, 9.17) is 0 Å². The number of rotatable bonds is 3. The maximum absolute atomic E-state index is 12.4. The molecule has 4 heteroatoms. The number of halogens is 3. The highest BCUT2D eigenvalue weighted by molar-refractivity contribution is 5.46. The highest BCUT2D eigenvalue weighted by Crippen LogP contribution is 2.30. The molecule has 1 aromatic carbocycles. The number of benzene rings is 1. The summed E-state index contributed by atoms with van der Waals surface area (Å²) in [6.07, 6.45) is -3.67. The molecule has 0 fully saturated rings. The number of anilines is 1. The van der Waals surface area contributed by atoms with Gasteiger partial charge in [0.1, 0.15) is 0 Å². The molecule has 0 aliphatic heterocycles. The molecule has 0 atom stereocenters. The molecular weight excluding hydrogens is 215 g/mol. The molecule has 0 radical (unpaired) electrons. The molecule has 0 bridgehead atoms. The van der Waals surface area contributed by atoms with E-state index in [2.05, 4.69) is 17.2 Å². The van der Waals surface area contributed by atoms with Crippen LogP contribution < -0.4 is 5.32 Å². The molecule has 1 rings (SSSR count). The van der Waals surface area contributed by atoms with E-state index in [9.17, 15) is 13.2 Å². The highest BCUT2D eigenvalue weighted by atomic mass is 19.4. The summed E-state index contributed by atoms with van der Waals surface area (Å²) < 4.78 is 37.1. The van der Waals surface area contributed by atoms with Gasteiger partial charge >= 0.3 is 6.18 Å². The Hall–Kier alpha value is -1.63. The summed E-state index contributed by atoms with van der Waals surface area (Å²) >= 11 is 0. The molecule has 16 heavy (non-hydrogen) atoms. The first-order chi connectivity index (χ1) is 7.54. The Bertz CT molecular complexity index is 399. The molecule has 0 aliphatic rings. The molecule has 0 aromatic heterocycles. The summed E-state index contributed by atoms with van der Waals surface area (Å²) in [6.45, 7) is 2.27. The highest BCUT2D eigenvalue weighted by Gasteiger charge is 2.30. The van der Waals surface area contributed by atoms with E-state index in [1.807, 2.05) is 0 Å². The van der Waals surface area contributed by atoms with Gasteiger partial charge in [0.2, 0.25) is 0 Å². The van der Waals surface area contributed by atoms with Gasteiger partial charge in [-0.25, -0.2) is 0 Å². The first-order valence-corrected chi connectivity index (χ1v) is 4.85. The van der Waals surface area contributed by atoms with Crippen LogP contribution in [0, 0.1) is 11.8 Å². The lowest BCUT2D eigenvalue weighted by molar-refractivity contribution is -0.137. The van der Waals surface area contributed by atoms with Gasteiger partial charge in [0.05, 0.1) is 5.56 Å². The van der Waals surface area contributed by atoms with Crippen LogP contribution in [0.2, 0.25) is 0 Å². The first-order valence-electron chi connectivity index (χ1n) is 4.85. The van der Waals surface area contributed by atoms with Crippen LogP contribution in [0.1, 0.15) is 18.9 Å². The molecule has 1 nitrogen and oxygen atoms in total. The van der Waals surface area contributed by atoms with Gasteiger partial charge in [0.15, 0.2) is 0 Å². The van der Waals surface area contributed by atoms with Gasteiger partial charge in [-0.1, -0.05) is 6.07 Å². The smallest absolute Gasteiger partial charge is 0.384 e. The van der Waals surface area contributed by atoms with E-state index in [-0.39, 0.29) is 0 Å². The fourth-order valence-corrected chi connectivity index (χ4v) is 1.20. The Morgan fingerprint density at radius 2 is 2.06 bits per heavy atom. The van der Waals surface area contributed by atoms with Gasteiger partial charge in [0.25, 0.3) is 0 Å². The zero-order chi connectivity index (χ0) is 12.0. The molecule has 0 heterocycles. The Morgan fingerprint density at radius 1 is 1.31 bits per heavy atom. The second-order valence-corrected chi connectivity index (χ2v) is 3.18. The number of alkyl halides is 3. The molecule has 0 spiro atoms. The van der Waals surface area contributed by atoms with Crippen molar-refractivity contribution >= 4 is 5.69 Å². The zero-order valence-corrected chi connectivity index (χ0v) is 8.86. The molecule has 0 amide bonds. The summed E-state index contributed by atoms with van der Waals surface area (Å²) in [5.74, 6) is 5.55. The lowest BCUT2D eigenvalue weighted by atomic mass is 10.2. The van der Waals surface area contributed by atoms with Crippen molar-refractivity contribution in [1.29, 1.82) is 0 Å². The van der Waals surface area contributed by atoms with Crippen LogP contribution in [0.3, 0.4) is 0 Å². The fraction of sp³-hybridized carbons (Fsp3) is 0.333. The summed E-state index contributed by atoms with van der Waals surface area (Å²) in [6, 6.07) is 5.14. The van der Waals surface area contributed by atoms with Gasteiger partial charge in [0, 0.05) is 18.7 Å². The topological polar surface area (TPSA) is 12.0 Å². The Labute approximate surface area is 92.7 Å². The fourth-order valence-electron chi connectivity index (χ4n) is 1.20. The number of hydrogen-bond donors (Lipinski definition) is 1. The average Bonchev–Trinajstić information content (AvgIpc) is 2.24. The van der Waals surface area contributed by atoms with Gasteiger partial charge < -0.3 is 5.32 Å². The lowest BCUT2D eigenvalue weighted by Gasteiger charge is -2.09. The molecule has 0 aliphatic carbocycles. The number of nitrogens with one attached hydrogen (secondary N) is 1. The summed E-state index contributed by atoms with van der Waals surface area (Å²) in [7, 11) is 0. The van der Waals surface area contributed by atoms with E-state index < -0.39 is 11.7 Å². The molecule has 1 N–H and O–H groups in total.